The van der Waals surface area contributed by atoms with E-state index in [0.717, 1.165) is 16.9 Å². The minimum Gasteiger partial charge on any atom is -0.444 e. The van der Waals surface area contributed by atoms with E-state index >= 15 is 0 Å². The first kappa shape index (κ1) is 9.04. The van der Waals surface area contributed by atoms with Gasteiger partial charge in [0.25, 0.3) is 0 Å². The molecule has 0 N–H and O–H groups in total. The van der Waals surface area contributed by atoms with Gasteiger partial charge in [-0.2, -0.15) is 0 Å². The quantitative estimate of drug-likeness (QED) is 0.577. The molecule has 1 heterocycles. The fourth-order valence-electron chi connectivity index (χ4n) is 1.22. The molecule has 0 radical (unpaired) electrons. The van der Waals surface area contributed by atoms with Crippen molar-refractivity contribution in [1.29, 1.82) is 0 Å². The molecule has 0 saturated heterocycles. The van der Waals surface area contributed by atoms with Gasteiger partial charge in [0.2, 0.25) is 5.55 Å². The smallest absolute Gasteiger partial charge is 0.217 e. The van der Waals surface area contributed by atoms with Gasteiger partial charge in [-0.25, -0.2) is 0 Å². The number of rotatable bonds is 0. The lowest BCUT2D eigenvalue weighted by Gasteiger charge is -2.06. The van der Waals surface area contributed by atoms with Crippen LogP contribution in [0.15, 0.2) is 9.41 Å². The van der Waals surface area contributed by atoms with E-state index in [1.165, 1.54) is 11.1 Å². The zero-order valence-corrected chi connectivity index (χ0v) is 8.36. The summed E-state index contributed by atoms with van der Waals surface area (Å²) in [4.78, 5) is 4.07. The molecular weight excluding hydrogens is 150 g/mol. The van der Waals surface area contributed by atoms with E-state index < -0.39 is 0 Å². The van der Waals surface area contributed by atoms with Gasteiger partial charge >= 0.3 is 0 Å². The zero-order valence-electron chi connectivity index (χ0n) is 8.36. The predicted molar refractivity (Wildman–Crippen MR) is 49.1 cm³/mol. The highest BCUT2D eigenvalue weighted by Gasteiger charge is 2.04. The minimum atomic E-state index is 0.746. The van der Waals surface area contributed by atoms with E-state index in [4.69, 9.17) is 4.42 Å². The normalized spacial score (nSPS) is 12.2. The van der Waals surface area contributed by atoms with Crippen molar-refractivity contribution in [2.24, 2.45) is 4.99 Å². The number of nitrogens with zero attached hydrogens (tertiary/aromatic N) is 1. The maximum Gasteiger partial charge on any atom is 0.217 e. The maximum absolute atomic E-state index is 5.50. The van der Waals surface area contributed by atoms with Gasteiger partial charge in [0.1, 0.15) is 5.76 Å². The molecule has 66 valence electrons. The molecule has 0 amide bonds. The lowest BCUT2D eigenvalue weighted by molar-refractivity contribution is 0.454. The molecule has 0 fully saturated rings. The summed E-state index contributed by atoms with van der Waals surface area (Å²) in [5.41, 5.74) is 4.38. The van der Waals surface area contributed by atoms with Gasteiger partial charge in [0.15, 0.2) is 0 Å². The second-order valence-electron chi connectivity index (χ2n) is 3.06. The van der Waals surface area contributed by atoms with Crippen LogP contribution in [0, 0.1) is 27.7 Å². The molecule has 0 bridgehead atoms. The van der Waals surface area contributed by atoms with Crippen LogP contribution in [0.1, 0.15) is 22.5 Å². The first-order valence-electron chi connectivity index (χ1n) is 4.08. The Labute approximate surface area is 73.0 Å². The van der Waals surface area contributed by atoms with Gasteiger partial charge < -0.3 is 4.42 Å². The molecule has 0 aliphatic heterocycles. The Balaban J connectivity index is 3.62. The third-order valence-electron chi connectivity index (χ3n) is 2.43. The van der Waals surface area contributed by atoms with Crippen LogP contribution >= 0.6 is 0 Å². The molecule has 1 aromatic rings. The van der Waals surface area contributed by atoms with Crippen molar-refractivity contribution >= 4 is 0 Å². The number of hydrogen-bond donors (Lipinski definition) is 0. The molecule has 12 heavy (non-hydrogen) atoms. The third kappa shape index (κ3) is 1.29. The van der Waals surface area contributed by atoms with Crippen LogP contribution in [0.5, 0.6) is 0 Å². The van der Waals surface area contributed by atoms with E-state index in [9.17, 15) is 0 Å². The Morgan fingerprint density at radius 2 is 1.50 bits per heavy atom. The lowest BCUT2D eigenvalue weighted by atomic mass is 10.1. The number of hydrogen-bond acceptors (Lipinski definition) is 2. The summed E-state index contributed by atoms with van der Waals surface area (Å²) >= 11 is 0. The topological polar surface area (TPSA) is 25.5 Å². The van der Waals surface area contributed by atoms with Crippen LogP contribution in [0.2, 0.25) is 0 Å². The van der Waals surface area contributed by atoms with Gasteiger partial charge in [-0.15, -0.1) is 0 Å². The largest absolute Gasteiger partial charge is 0.444 e. The molecule has 0 saturated carbocycles. The van der Waals surface area contributed by atoms with Crippen molar-refractivity contribution in [1.82, 2.24) is 0 Å². The Bertz CT molecular complexity index is 361. The molecule has 2 heteroatoms. The Morgan fingerprint density at radius 1 is 0.917 bits per heavy atom. The van der Waals surface area contributed by atoms with Crippen LogP contribution in [-0.4, -0.2) is 7.05 Å². The highest BCUT2D eigenvalue weighted by Crippen LogP contribution is 2.11. The van der Waals surface area contributed by atoms with Gasteiger partial charge in [0, 0.05) is 12.6 Å². The summed E-state index contributed by atoms with van der Waals surface area (Å²) in [7, 11) is 1.75. The highest BCUT2D eigenvalue weighted by molar-refractivity contribution is 5.30. The molecular formula is C10H15NO. The summed E-state index contributed by atoms with van der Waals surface area (Å²) in [6.07, 6.45) is 0. The SMILES string of the molecule is CN=c1oc(C)c(C)c(C)c1C. The van der Waals surface area contributed by atoms with E-state index in [1.807, 2.05) is 13.8 Å². The molecule has 0 aliphatic rings. The molecule has 0 atom stereocenters. The average Bonchev–Trinajstić information content (AvgIpc) is 2.08. The maximum atomic E-state index is 5.50. The minimum absolute atomic E-state index is 0.746. The van der Waals surface area contributed by atoms with E-state index in [0.29, 0.717) is 0 Å². The number of aryl methyl sites for hydroxylation is 1. The van der Waals surface area contributed by atoms with Crippen LogP contribution < -0.4 is 5.55 Å². The monoisotopic (exact) mass is 165 g/mol. The van der Waals surface area contributed by atoms with E-state index in [1.54, 1.807) is 7.05 Å². The average molecular weight is 165 g/mol. The highest BCUT2D eigenvalue weighted by atomic mass is 16.3. The van der Waals surface area contributed by atoms with E-state index in [-0.39, 0.29) is 0 Å². The molecule has 1 rings (SSSR count). The molecule has 0 spiro atoms. The van der Waals surface area contributed by atoms with Gasteiger partial charge in [0.05, 0.1) is 0 Å². The van der Waals surface area contributed by atoms with E-state index in [2.05, 4.69) is 18.8 Å². The summed E-state index contributed by atoms with van der Waals surface area (Å²) in [6, 6.07) is 0. The van der Waals surface area contributed by atoms with Crippen LogP contribution in [-0.2, 0) is 0 Å². The fraction of sp³-hybridized carbons (Fsp3) is 0.500. The van der Waals surface area contributed by atoms with Crippen molar-refractivity contribution in [3.8, 4) is 0 Å². The Morgan fingerprint density at radius 3 is 2.00 bits per heavy atom. The summed E-state index contributed by atoms with van der Waals surface area (Å²) in [5, 5.41) is 0. The second-order valence-corrected chi connectivity index (χ2v) is 3.06. The summed E-state index contributed by atoms with van der Waals surface area (Å²) < 4.78 is 5.50. The van der Waals surface area contributed by atoms with Crippen LogP contribution in [0.4, 0.5) is 0 Å². The summed E-state index contributed by atoms with van der Waals surface area (Å²) in [6.45, 7) is 8.17. The van der Waals surface area contributed by atoms with Crippen LogP contribution in [0.3, 0.4) is 0 Å². The van der Waals surface area contributed by atoms with Gasteiger partial charge in [-0.05, 0) is 38.8 Å². The van der Waals surface area contributed by atoms with Crippen molar-refractivity contribution in [2.45, 2.75) is 27.7 Å². The first-order valence-corrected chi connectivity index (χ1v) is 4.08. The third-order valence-corrected chi connectivity index (χ3v) is 2.43. The molecule has 0 aromatic carbocycles. The molecule has 2 nitrogen and oxygen atoms in total. The Kier molecular flexibility index (Phi) is 2.36. The standard InChI is InChI=1S/C10H15NO/c1-6-7(2)9(4)12-10(11-5)8(6)3/h1-5H3. The zero-order chi connectivity index (χ0) is 9.30. The van der Waals surface area contributed by atoms with Crippen LogP contribution in [0.25, 0.3) is 0 Å². The molecule has 0 unspecified atom stereocenters. The van der Waals surface area contributed by atoms with Crippen molar-refractivity contribution < 1.29 is 4.42 Å². The van der Waals surface area contributed by atoms with Crippen molar-refractivity contribution in [2.75, 3.05) is 7.05 Å². The first-order chi connectivity index (χ1) is 5.57. The van der Waals surface area contributed by atoms with Crippen molar-refractivity contribution in [3.63, 3.8) is 0 Å². The summed E-state index contributed by atoms with van der Waals surface area (Å²) in [5.74, 6) is 0.957. The van der Waals surface area contributed by atoms with Gasteiger partial charge in [-0.3, -0.25) is 4.99 Å². The van der Waals surface area contributed by atoms with Crippen molar-refractivity contribution in [3.05, 3.63) is 28.0 Å². The lowest BCUT2D eigenvalue weighted by Crippen LogP contribution is -2.10. The van der Waals surface area contributed by atoms with Gasteiger partial charge in [-0.1, -0.05) is 0 Å². The Hall–Kier alpha value is -1.05. The molecule has 1 aromatic heterocycles. The predicted octanol–water partition coefficient (Wildman–Crippen LogP) is 2.04. The second kappa shape index (κ2) is 3.13. The molecule has 0 aliphatic carbocycles. The fourth-order valence-corrected chi connectivity index (χ4v) is 1.22.